The Morgan fingerprint density at radius 1 is 0.983 bits per heavy atom. The van der Waals surface area contributed by atoms with Gasteiger partial charge in [0.15, 0.2) is 9.84 Å². The molecule has 0 radical (unpaired) electrons. The molecule has 20 heteroatoms. The number of sulfone groups is 1. The van der Waals surface area contributed by atoms with E-state index in [-0.39, 0.29) is 47.2 Å². The molecule has 60 heavy (non-hydrogen) atoms. The summed E-state index contributed by atoms with van der Waals surface area (Å²) < 4.78 is 55.4. The number of aliphatic hydroxyl groups is 1. The van der Waals surface area contributed by atoms with E-state index in [2.05, 4.69) is 25.7 Å². The molecule has 0 bridgehead atoms. The van der Waals surface area contributed by atoms with Crippen molar-refractivity contribution in [1.82, 2.24) is 35.2 Å². The van der Waals surface area contributed by atoms with Crippen LogP contribution < -0.4 is 21.1 Å². The van der Waals surface area contributed by atoms with E-state index < -0.39 is 103 Å². The lowest BCUT2D eigenvalue weighted by Crippen LogP contribution is -2.64. The Labute approximate surface area is 350 Å². The van der Waals surface area contributed by atoms with Crippen molar-refractivity contribution in [2.45, 2.75) is 144 Å². The van der Waals surface area contributed by atoms with Crippen LogP contribution in [-0.4, -0.2) is 113 Å². The summed E-state index contributed by atoms with van der Waals surface area (Å²) in [5.74, 6) is -5.44. The van der Waals surface area contributed by atoms with Gasteiger partial charge >= 0.3 is 0 Å². The minimum absolute atomic E-state index is 0.0158. The molecule has 2 unspecified atom stereocenters. The van der Waals surface area contributed by atoms with Crippen LogP contribution in [0.2, 0.25) is 0 Å². The number of nitrogens with two attached hydrogens (primary N) is 1. The van der Waals surface area contributed by atoms with Crippen molar-refractivity contribution in [1.29, 1.82) is 0 Å². The van der Waals surface area contributed by atoms with Gasteiger partial charge in [-0.1, -0.05) is 43.7 Å². The maximum atomic E-state index is 14.9. The van der Waals surface area contributed by atoms with Crippen LogP contribution in [0.5, 0.6) is 0 Å². The summed E-state index contributed by atoms with van der Waals surface area (Å²) in [4.78, 5) is 70.1. The normalized spacial score (nSPS) is 25.4. The van der Waals surface area contributed by atoms with E-state index in [1.165, 1.54) is 60.3 Å². The standard InChI is InChI=1S/C40H56N8O10S2/c1-38(2,54)32-23-42-46-48(32)28-20-31(36(52)44-40(33(49)34(41)50)15-17-59(55,56)18-16-40)47(24-28)37(53)30(19-25-7-4-3-5-8-25)43-35(51)26-9-11-29(12-10-26)60(57,58)45-27-21-39(22-27)13-6-14-39/h9-12,23,25,27-28,30-31,45,54H,3-8,13-22,24H2,1-2H3,(H2,41,50)(H,43,51)(H,44,52)/t28?,30-,31?/m1/s1. The molecule has 3 saturated carbocycles. The topological polar surface area (TPSA) is 270 Å². The van der Waals surface area contributed by atoms with Gasteiger partial charge in [-0.15, -0.1) is 5.10 Å². The first kappa shape index (κ1) is 43.8. The minimum Gasteiger partial charge on any atom is -0.384 e. The molecule has 2 aliphatic heterocycles. The molecule has 6 N–H and O–H groups in total. The molecule has 3 aliphatic carbocycles. The Kier molecular flexibility index (Phi) is 12.1. The van der Waals surface area contributed by atoms with Crippen molar-refractivity contribution in [2.24, 2.45) is 17.1 Å². The predicted molar refractivity (Wildman–Crippen MR) is 216 cm³/mol. The highest BCUT2D eigenvalue weighted by Crippen LogP contribution is 2.56. The molecule has 7 rings (SSSR count). The maximum Gasteiger partial charge on any atom is 0.287 e. The highest BCUT2D eigenvalue weighted by molar-refractivity contribution is 7.91. The maximum absolute atomic E-state index is 14.9. The third-order valence-electron chi connectivity index (χ3n) is 13.5. The van der Waals surface area contributed by atoms with E-state index in [1.807, 2.05) is 0 Å². The molecule has 3 heterocycles. The van der Waals surface area contributed by atoms with Crippen LogP contribution in [0.4, 0.5) is 0 Å². The van der Waals surface area contributed by atoms with E-state index in [1.54, 1.807) is 0 Å². The van der Waals surface area contributed by atoms with Crippen LogP contribution >= 0.6 is 0 Å². The Bertz CT molecular complexity index is 2210. The van der Waals surface area contributed by atoms with Gasteiger partial charge in [0.2, 0.25) is 27.6 Å². The van der Waals surface area contributed by atoms with Gasteiger partial charge in [-0.05, 0) is 94.4 Å². The van der Waals surface area contributed by atoms with Crippen LogP contribution in [0.1, 0.15) is 126 Å². The molecule has 328 valence electrons. The molecule has 2 saturated heterocycles. The largest absolute Gasteiger partial charge is 0.384 e. The van der Waals surface area contributed by atoms with Crippen molar-refractivity contribution in [3.8, 4) is 0 Å². The Morgan fingerprint density at radius 2 is 1.63 bits per heavy atom. The first-order valence-electron chi connectivity index (χ1n) is 20.9. The fraction of sp³-hybridized carbons (Fsp3) is 0.675. The average Bonchev–Trinajstić information content (AvgIpc) is 3.85. The second-order valence-corrected chi connectivity index (χ2v) is 22.3. The number of nitrogens with zero attached hydrogens (tertiary/aromatic N) is 4. The van der Waals surface area contributed by atoms with Gasteiger partial charge in [-0.25, -0.2) is 26.2 Å². The third kappa shape index (κ3) is 9.16. The van der Waals surface area contributed by atoms with E-state index in [0.717, 1.165) is 57.8 Å². The van der Waals surface area contributed by atoms with Crippen molar-refractivity contribution >= 4 is 49.3 Å². The summed E-state index contributed by atoms with van der Waals surface area (Å²) in [5, 5.41) is 24.6. The van der Waals surface area contributed by atoms with E-state index >= 15 is 0 Å². The Hall–Kier alpha value is -4.27. The molecule has 5 fully saturated rings. The fourth-order valence-corrected chi connectivity index (χ4v) is 12.7. The Morgan fingerprint density at radius 3 is 2.22 bits per heavy atom. The molecule has 1 spiro atoms. The molecule has 5 aliphatic rings. The quantitative estimate of drug-likeness (QED) is 0.167. The molecule has 2 aromatic rings. The number of rotatable bonds is 14. The SMILES string of the molecule is CC(C)(O)c1cnnn1C1CC(C(=O)NC2(C(=O)C(N)=O)CCS(=O)(=O)CC2)N(C(=O)[C@@H](CC2CCCCC2)NC(=O)c2ccc(S(=O)(=O)NC3CC4(CCC4)C3)cc2)C1. The number of carbonyl (C=O) groups is 5. The summed E-state index contributed by atoms with van der Waals surface area (Å²) in [6.45, 7) is 2.95. The second kappa shape index (κ2) is 16.5. The number of benzene rings is 1. The van der Waals surface area contributed by atoms with Crippen LogP contribution in [0.3, 0.4) is 0 Å². The fourth-order valence-electron chi connectivity index (χ4n) is 9.93. The van der Waals surface area contributed by atoms with Crippen molar-refractivity contribution in [2.75, 3.05) is 18.1 Å². The number of hydrogen-bond donors (Lipinski definition) is 5. The molecule has 1 aromatic heterocycles. The monoisotopic (exact) mass is 872 g/mol. The first-order chi connectivity index (χ1) is 28.2. The number of carbonyl (C=O) groups excluding carboxylic acids is 5. The summed E-state index contributed by atoms with van der Waals surface area (Å²) in [6.07, 6.45) is 10.4. The van der Waals surface area contributed by atoms with E-state index in [4.69, 9.17) is 5.73 Å². The number of likely N-dealkylation sites (tertiary alicyclic amines) is 1. The summed E-state index contributed by atoms with van der Waals surface area (Å²) in [5.41, 5.74) is 2.77. The van der Waals surface area contributed by atoms with Gasteiger partial charge in [-0.3, -0.25) is 24.0 Å². The Balaban J connectivity index is 1.15. The number of aromatic nitrogens is 3. The number of hydrogen-bond acceptors (Lipinski definition) is 12. The number of amides is 4. The zero-order valence-corrected chi connectivity index (χ0v) is 35.7. The third-order valence-corrected chi connectivity index (χ3v) is 16.7. The van der Waals surface area contributed by atoms with E-state index in [9.17, 15) is 45.9 Å². The van der Waals surface area contributed by atoms with Crippen molar-refractivity contribution in [3.63, 3.8) is 0 Å². The molecular formula is C40H56N8O10S2. The van der Waals surface area contributed by atoms with Crippen LogP contribution in [0.15, 0.2) is 35.4 Å². The van der Waals surface area contributed by atoms with Gasteiger partial charge in [0, 0.05) is 24.6 Å². The molecule has 18 nitrogen and oxygen atoms in total. The summed E-state index contributed by atoms with van der Waals surface area (Å²) in [6, 6.07) is 2.23. The number of Topliss-reactive ketones (excluding diaryl/α,β-unsaturated/α-hetero) is 1. The van der Waals surface area contributed by atoms with Gasteiger partial charge in [0.1, 0.15) is 23.2 Å². The van der Waals surface area contributed by atoms with Crippen molar-refractivity contribution < 1.29 is 45.9 Å². The lowest BCUT2D eigenvalue weighted by atomic mass is 9.54. The highest BCUT2D eigenvalue weighted by atomic mass is 32.2. The second-order valence-electron chi connectivity index (χ2n) is 18.3. The van der Waals surface area contributed by atoms with Gasteiger partial charge in [0.05, 0.1) is 34.3 Å². The summed E-state index contributed by atoms with van der Waals surface area (Å²) in [7, 11) is -7.39. The zero-order valence-electron chi connectivity index (χ0n) is 34.1. The first-order valence-corrected chi connectivity index (χ1v) is 24.2. The van der Waals surface area contributed by atoms with Gasteiger partial charge in [0.25, 0.3) is 11.8 Å². The lowest BCUT2D eigenvalue weighted by molar-refractivity contribution is -0.145. The zero-order chi connectivity index (χ0) is 43.3. The molecule has 4 amide bonds. The highest BCUT2D eigenvalue weighted by Gasteiger charge is 2.51. The lowest BCUT2D eigenvalue weighted by Gasteiger charge is -2.54. The average molecular weight is 873 g/mol. The number of ketones is 1. The van der Waals surface area contributed by atoms with E-state index in [0.29, 0.717) is 5.69 Å². The van der Waals surface area contributed by atoms with Gasteiger partial charge in [-0.2, -0.15) is 0 Å². The number of sulfonamides is 1. The smallest absolute Gasteiger partial charge is 0.287 e. The van der Waals surface area contributed by atoms with Gasteiger partial charge < -0.3 is 26.4 Å². The molecular weight excluding hydrogens is 817 g/mol. The predicted octanol–water partition coefficient (Wildman–Crippen LogP) is 1.15. The number of primary amides is 1. The van der Waals surface area contributed by atoms with Crippen LogP contribution in [-0.2, 0) is 44.6 Å². The summed E-state index contributed by atoms with van der Waals surface area (Å²) >= 11 is 0. The van der Waals surface area contributed by atoms with Crippen molar-refractivity contribution in [3.05, 3.63) is 41.7 Å². The molecule has 3 atom stereocenters. The van der Waals surface area contributed by atoms with Crippen LogP contribution in [0, 0.1) is 11.3 Å². The molecule has 1 aromatic carbocycles. The van der Waals surface area contributed by atoms with Crippen LogP contribution in [0.25, 0.3) is 0 Å². The minimum atomic E-state index is -3.83. The number of nitrogens with one attached hydrogen (secondary N) is 3.